The number of nitrogens with two attached hydrogens (primary N) is 1. The van der Waals surface area contributed by atoms with Gasteiger partial charge in [-0.1, -0.05) is 31.5 Å². The van der Waals surface area contributed by atoms with Crippen LogP contribution in [0, 0.1) is 5.92 Å². The SMILES string of the molecule is CC(C)C(N)CC(=O)Nc1cccc(Cl)c1-n1cncn1. The molecule has 1 heterocycles. The van der Waals surface area contributed by atoms with E-state index in [9.17, 15) is 4.79 Å². The fourth-order valence-electron chi connectivity index (χ4n) is 1.82. The Morgan fingerprint density at radius 2 is 2.24 bits per heavy atom. The van der Waals surface area contributed by atoms with Crippen molar-refractivity contribution in [1.29, 1.82) is 0 Å². The lowest BCUT2D eigenvalue weighted by atomic mass is 10.0. The number of aromatic nitrogens is 3. The second-order valence-electron chi connectivity index (χ2n) is 5.14. The molecular formula is C14H18ClN5O. The molecule has 21 heavy (non-hydrogen) atoms. The second-order valence-corrected chi connectivity index (χ2v) is 5.54. The molecule has 0 radical (unpaired) electrons. The van der Waals surface area contributed by atoms with Gasteiger partial charge in [-0.25, -0.2) is 9.67 Å². The van der Waals surface area contributed by atoms with Crippen molar-refractivity contribution in [2.24, 2.45) is 11.7 Å². The normalized spacial score (nSPS) is 12.4. The number of nitrogens with zero attached hydrogens (tertiary/aromatic N) is 3. The number of amides is 1. The molecule has 0 bridgehead atoms. The van der Waals surface area contributed by atoms with Crippen LogP contribution in [0.25, 0.3) is 5.69 Å². The van der Waals surface area contributed by atoms with Gasteiger partial charge in [-0.3, -0.25) is 4.79 Å². The number of halogens is 1. The van der Waals surface area contributed by atoms with Crippen molar-refractivity contribution in [3.05, 3.63) is 35.9 Å². The van der Waals surface area contributed by atoms with Crippen LogP contribution in [0.2, 0.25) is 5.02 Å². The Morgan fingerprint density at radius 3 is 2.86 bits per heavy atom. The first-order valence-corrected chi connectivity index (χ1v) is 7.05. The summed E-state index contributed by atoms with van der Waals surface area (Å²) in [6.45, 7) is 3.97. The molecule has 7 heteroatoms. The van der Waals surface area contributed by atoms with E-state index in [2.05, 4.69) is 15.4 Å². The monoisotopic (exact) mass is 307 g/mol. The van der Waals surface area contributed by atoms with E-state index in [1.54, 1.807) is 18.2 Å². The lowest BCUT2D eigenvalue weighted by Gasteiger charge is -2.16. The summed E-state index contributed by atoms with van der Waals surface area (Å²) in [6.07, 6.45) is 3.18. The number of nitrogens with one attached hydrogen (secondary N) is 1. The first-order chi connectivity index (χ1) is 9.99. The second kappa shape index (κ2) is 6.69. The summed E-state index contributed by atoms with van der Waals surface area (Å²) in [4.78, 5) is 16.0. The van der Waals surface area contributed by atoms with Crippen molar-refractivity contribution < 1.29 is 4.79 Å². The quantitative estimate of drug-likeness (QED) is 0.887. The molecule has 1 aromatic carbocycles. The van der Waals surface area contributed by atoms with Gasteiger partial charge >= 0.3 is 0 Å². The number of hydrogen-bond donors (Lipinski definition) is 2. The lowest BCUT2D eigenvalue weighted by Crippen LogP contribution is -2.31. The Morgan fingerprint density at radius 1 is 1.48 bits per heavy atom. The van der Waals surface area contributed by atoms with Gasteiger partial charge in [-0.05, 0) is 18.1 Å². The molecule has 0 spiro atoms. The minimum Gasteiger partial charge on any atom is -0.327 e. The van der Waals surface area contributed by atoms with Crippen molar-refractivity contribution in [3.63, 3.8) is 0 Å². The molecule has 1 unspecified atom stereocenters. The van der Waals surface area contributed by atoms with Gasteiger partial charge in [-0.2, -0.15) is 5.10 Å². The fraction of sp³-hybridized carbons (Fsp3) is 0.357. The summed E-state index contributed by atoms with van der Waals surface area (Å²) in [7, 11) is 0. The van der Waals surface area contributed by atoms with Crippen molar-refractivity contribution in [2.75, 3.05) is 5.32 Å². The maximum absolute atomic E-state index is 12.1. The summed E-state index contributed by atoms with van der Waals surface area (Å²) in [6, 6.07) is 5.08. The van der Waals surface area contributed by atoms with E-state index in [-0.39, 0.29) is 24.3 Å². The maximum Gasteiger partial charge on any atom is 0.226 e. The van der Waals surface area contributed by atoms with Gasteiger partial charge in [0.1, 0.15) is 18.3 Å². The third kappa shape index (κ3) is 3.80. The van der Waals surface area contributed by atoms with Crippen molar-refractivity contribution in [3.8, 4) is 5.69 Å². The van der Waals surface area contributed by atoms with Gasteiger partial charge in [0.2, 0.25) is 5.91 Å². The van der Waals surface area contributed by atoms with Gasteiger partial charge in [0.05, 0.1) is 10.7 Å². The van der Waals surface area contributed by atoms with Crippen LogP contribution in [0.5, 0.6) is 0 Å². The largest absolute Gasteiger partial charge is 0.327 e. The zero-order valence-corrected chi connectivity index (χ0v) is 12.7. The van der Waals surface area contributed by atoms with Crippen LogP contribution in [-0.2, 0) is 4.79 Å². The van der Waals surface area contributed by atoms with E-state index in [0.717, 1.165) is 0 Å². The van der Waals surface area contributed by atoms with Crippen LogP contribution >= 0.6 is 11.6 Å². The summed E-state index contributed by atoms with van der Waals surface area (Å²) >= 11 is 6.20. The molecule has 2 aromatic rings. The predicted octanol–water partition coefficient (Wildman–Crippen LogP) is 2.23. The van der Waals surface area contributed by atoms with Gasteiger partial charge < -0.3 is 11.1 Å². The Balaban J connectivity index is 2.21. The van der Waals surface area contributed by atoms with E-state index >= 15 is 0 Å². The van der Waals surface area contributed by atoms with E-state index in [1.807, 2.05) is 13.8 Å². The third-order valence-electron chi connectivity index (χ3n) is 3.19. The lowest BCUT2D eigenvalue weighted by molar-refractivity contribution is -0.116. The highest BCUT2D eigenvalue weighted by atomic mass is 35.5. The highest BCUT2D eigenvalue weighted by molar-refractivity contribution is 6.33. The first-order valence-electron chi connectivity index (χ1n) is 6.68. The van der Waals surface area contributed by atoms with E-state index in [4.69, 9.17) is 17.3 Å². The maximum atomic E-state index is 12.1. The molecule has 0 aliphatic carbocycles. The van der Waals surface area contributed by atoms with Crippen molar-refractivity contribution in [1.82, 2.24) is 14.8 Å². The number of carbonyl (C=O) groups is 1. The standard InChI is InChI=1S/C14H18ClN5O/c1-9(2)11(16)6-13(21)19-12-5-3-4-10(15)14(12)20-8-17-7-18-20/h3-5,7-9,11H,6,16H2,1-2H3,(H,19,21). The Kier molecular flexibility index (Phi) is 4.93. The van der Waals surface area contributed by atoms with E-state index < -0.39 is 0 Å². The number of anilines is 1. The molecule has 0 saturated carbocycles. The summed E-state index contributed by atoms with van der Waals surface area (Å²) in [5.41, 5.74) is 7.08. The molecule has 2 rings (SSSR count). The molecule has 0 fully saturated rings. The Hall–Kier alpha value is -1.92. The number of benzene rings is 1. The molecule has 6 nitrogen and oxygen atoms in total. The third-order valence-corrected chi connectivity index (χ3v) is 3.49. The fourth-order valence-corrected chi connectivity index (χ4v) is 2.08. The number of carbonyl (C=O) groups excluding carboxylic acids is 1. The van der Waals surface area contributed by atoms with Crippen LogP contribution in [-0.4, -0.2) is 26.7 Å². The molecule has 112 valence electrons. The molecule has 3 N–H and O–H groups in total. The predicted molar refractivity (Wildman–Crippen MR) is 82.4 cm³/mol. The zero-order chi connectivity index (χ0) is 15.4. The van der Waals surface area contributed by atoms with Crippen molar-refractivity contribution in [2.45, 2.75) is 26.3 Å². The summed E-state index contributed by atoms with van der Waals surface area (Å²) < 4.78 is 1.51. The van der Waals surface area contributed by atoms with E-state index in [1.165, 1.54) is 17.3 Å². The highest BCUT2D eigenvalue weighted by Crippen LogP contribution is 2.27. The highest BCUT2D eigenvalue weighted by Gasteiger charge is 2.16. The van der Waals surface area contributed by atoms with Crippen molar-refractivity contribution >= 4 is 23.2 Å². The molecule has 1 aromatic heterocycles. The molecule has 0 aliphatic heterocycles. The number of rotatable bonds is 5. The summed E-state index contributed by atoms with van der Waals surface area (Å²) in [5, 5.41) is 7.36. The van der Waals surface area contributed by atoms with Gasteiger partial charge in [0, 0.05) is 12.5 Å². The molecular weight excluding hydrogens is 290 g/mol. The molecule has 0 aliphatic rings. The molecule has 1 atom stereocenters. The topological polar surface area (TPSA) is 85.8 Å². The minimum atomic E-state index is -0.181. The van der Waals surface area contributed by atoms with Gasteiger partial charge in [0.15, 0.2) is 0 Å². The van der Waals surface area contributed by atoms with Gasteiger partial charge in [-0.15, -0.1) is 0 Å². The zero-order valence-electron chi connectivity index (χ0n) is 12.0. The average Bonchev–Trinajstić information content (AvgIpc) is 2.92. The van der Waals surface area contributed by atoms with Crippen LogP contribution < -0.4 is 11.1 Å². The molecule has 0 saturated heterocycles. The van der Waals surface area contributed by atoms with Crippen LogP contribution in [0.1, 0.15) is 20.3 Å². The smallest absolute Gasteiger partial charge is 0.226 e. The number of hydrogen-bond acceptors (Lipinski definition) is 4. The first kappa shape index (κ1) is 15.5. The average molecular weight is 308 g/mol. The number of para-hydroxylation sites is 1. The van der Waals surface area contributed by atoms with Gasteiger partial charge in [0.25, 0.3) is 0 Å². The van der Waals surface area contributed by atoms with Crippen LogP contribution in [0.15, 0.2) is 30.9 Å². The summed E-state index contributed by atoms with van der Waals surface area (Å²) in [5.74, 6) is 0.0877. The Labute approximate surface area is 128 Å². The van der Waals surface area contributed by atoms with Crippen LogP contribution in [0.3, 0.4) is 0 Å². The Bertz CT molecular complexity index is 612. The van der Waals surface area contributed by atoms with E-state index in [0.29, 0.717) is 16.4 Å². The molecule has 1 amide bonds. The minimum absolute atomic E-state index is 0.153. The van der Waals surface area contributed by atoms with Crippen LogP contribution in [0.4, 0.5) is 5.69 Å².